The van der Waals surface area contributed by atoms with Crippen molar-refractivity contribution in [3.8, 4) is 17.1 Å². The fourth-order valence-electron chi connectivity index (χ4n) is 2.89. The molecule has 9 nitrogen and oxygen atoms in total. The molecule has 0 aliphatic heterocycles. The van der Waals surface area contributed by atoms with Crippen LogP contribution < -0.4 is 5.32 Å². The zero-order valence-electron chi connectivity index (χ0n) is 16.7. The van der Waals surface area contributed by atoms with Gasteiger partial charge in [-0.2, -0.15) is 9.67 Å². The van der Waals surface area contributed by atoms with Crippen LogP contribution in [0.3, 0.4) is 0 Å². The molecule has 0 saturated heterocycles. The van der Waals surface area contributed by atoms with Crippen LogP contribution in [0.15, 0.2) is 52.1 Å². The Hall–Kier alpha value is -3.60. The third-order valence-corrected chi connectivity index (χ3v) is 5.07. The number of halogens is 1. The van der Waals surface area contributed by atoms with Crippen LogP contribution in [0, 0.1) is 12.7 Å². The molecule has 0 saturated carbocycles. The number of anilines is 1. The Morgan fingerprint density at radius 3 is 2.94 bits per heavy atom. The van der Waals surface area contributed by atoms with Crippen molar-refractivity contribution < 1.29 is 13.7 Å². The topological polar surface area (TPSA) is 112 Å². The Morgan fingerprint density at radius 2 is 2.13 bits per heavy atom. The number of hydrogen-bond donors (Lipinski definition) is 1. The van der Waals surface area contributed by atoms with Crippen LogP contribution in [0.25, 0.3) is 17.1 Å². The molecule has 0 radical (unpaired) electrons. The Morgan fingerprint density at radius 1 is 1.26 bits per heavy atom. The van der Waals surface area contributed by atoms with Gasteiger partial charge in [0.25, 0.3) is 0 Å². The summed E-state index contributed by atoms with van der Waals surface area (Å²) in [6.45, 7) is 1.67. The summed E-state index contributed by atoms with van der Waals surface area (Å²) in [4.78, 5) is 16.7. The van der Waals surface area contributed by atoms with Crippen molar-refractivity contribution in [2.24, 2.45) is 0 Å². The molecule has 4 rings (SSSR count). The number of aromatic nitrogens is 6. The highest BCUT2D eigenvalue weighted by molar-refractivity contribution is 7.98. The van der Waals surface area contributed by atoms with Crippen molar-refractivity contribution in [3.05, 3.63) is 59.7 Å². The molecule has 0 aliphatic carbocycles. The van der Waals surface area contributed by atoms with Crippen LogP contribution in [0.4, 0.5) is 10.1 Å². The Balaban J connectivity index is 1.37. The van der Waals surface area contributed by atoms with E-state index >= 15 is 0 Å². The molecular formula is C20H18FN7O2S. The first-order valence-electron chi connectivity index (χ1n) is 9.35. The molecule has 2 aromatic heterocycles. The Bertz CT molecular complexity index is 1220. The maximum Gasteiger partial charge on any atom is 0.227 e. The molecule has 0 spiro atoms. The summed E-state index contributed by atoms with van der Waals surface area (Å²) in [7, 11) is 0. The van der Waals surface area contributed by atoms with E-state index in [1.165, 1.54) is 17.8 Å². The van der Waals surface area contributed by atoms with Crippen LogP contribution in [0.1, 0.15) is 17.9 Å². The largest absolute Gasteiger partial charge is 0.339 e. The third-order valence-electron chi connectivity index (χ3n) is 4.45. The highest BCUT2D eigenvalue weighted by Gasteiger charge is 2.13. The number of carbonyl (C=O) groups excluding carboxylic acids is 1. The average Bonchev–Trinajstić information content (AvgIpc) is 3.44. The van der Waals surface area contributed by atoms with Gasteiger partial charge in [0.2, 0.25) is 22.8 Å². The summed E-state index contributed by atoms with van der Waals surface area (Å²) < 4.78 is 20.2. The maximum absolute atomic E-state index is 13.4. The Kier molecular flexibility index (Phi) is 6.03. The number of nitrogens with one attached hydrogen (secondary N) is 1. The molecule has 11 heteroatoms. The SMILES string of the molecule is CSc1nnnn1-c1cccc(NC(=O)CCc2nc(-c3ccc(F)c(C)c3)no2)c1. The van der Waals surface area contributed by atoms with Gasteiger partial charge in [-0.1, -0.05) is 23.0 Å². The molecule has 0 atom stereocenters. The number of amides is 1. The summed E-state index contributed by atoms with van der Waals surface area (Å²) in [6.07, 6.45) is 2.32. The second-order valence-electron chi connectivity index (χ2n) is 6.65. The molecule has 31 heavy (non-hydrogen) atoms. The fourth-order valence-corrected chi connectivity index (χ4v) is 3.32. The van der Waals surface area contributed by atoms with Gasteiger partial charge in [0, 0.05) is 24.1 Å². The fraction of sp³-hybridized carbons (Fsp3) is 0.200. The molecular weight excluding hydrogens is 421 g/mol. The quantitative estimate of drug-likeness (QED) is 0.436. The zero-order chi connectivity index (χ0) is 21.8. The second kappa shape index (κ2) is 9.04. The number of aryl methyl sites for hydroxylation is 2. The van der Waals surface area contributed by atoms with Gasteiger partial charge in [-0.3, -0.25) is 4.79 Å². The average molecular weight is 439 g/mol. The smallest absolute Gasteiger partial charge is 0.227 e. The van der Waals surface area contributed by atoms with E-state index in [-0.39, 0.29) is 24.6 Å². The first-order chi connectivity index (χ1) is 15.0. The minimum Gasteiger partial charge on any atom is -0.339 e. The van der Waals surface area contributed by atoms with Crippen LogP contribution in [0.2, 0.25) is 0 Å². The normalized spacial score (nSPS) is 10.9. The predicted octanol–water partition coefficient (Wildman–Crippen LogP) is 3.45. The van der Waals surface area contributed by atoms with E-state index in [0.717, 1.165) is 5.69 Å². The number of nitrogens with zero attached hydrogens (tertiary/aromatic N) is 6. The summed E-state index contributed by atoms with van der Waals surface area (Å²) in [5, 5.41) is 19.0. The third kappa shape index (κ3) is 4.77. The van der Waals surface area contributed by atoms with Gasteiger partial charge in [-0.25, -0.2) is 4.39 Å². The molecule has 0 unspecified atom stereocenters. The second-order valence-corrected chi connectivity index (χ2v) is 7.42. The summed E-state index contributed by atoms with van der Waals surface area (Å²) in [6, 6.07) is 11.8. The molecule has 4 aromatic rings. The van der Waals surface area contributed by atoms with E-state index in [4.69, 9.17) is 4.52 Å². The molecule has 0 aliphatic rings. The van der Waals surface area contributed by atoms with Crippen LogP contribution in [-0.2, 0) is 11.2 Å². The molecule has 2 heterocycles. The first-order valence-corrected chi connectivity index (χ1v) is 10.6. The van der Waals surface area contributed by atoms with Crippen molar-refractivity contribution in [2.45, 2.75) is 24.9 Å². The van der Waals surface area contributed by atoms with Gasteiger partial charge in [-0.15, -0.1) is 5.10 Å². The number of tetrazole rings is 1. The lowest BCUT2D eigenvalue weighted by atomic mass is 10.1. The summed E-state index contributed by atoms with van der Waals surface area (Å²) >= 11 is 1.42. The summed E-state index contributed by atoms with van der Waals surface area (Å²) in [5.41, 5.74) is 2.51. The first kappa shape index (κ1) is 20.7. The lowest BCUT2D eigenvalue weighted by molar-refractivity contribution is -0.116. The molecule has 2 aromatic carbocycles. The number of benzene rings is 2. The highest BCUT2D eigenvalue weighted by Crippen LogP contribution is 2.21. The van der Waals surface area contributed by atoms with Crippen molar-refractivity contribution in [3.63, 3.8) is 0 Å². The lowest BCUT2D eigenvalue weighted by Gasteiger charge is -2.07. The van der Waals surface area contributed by atoms with E-state index in [1.807, 2.05) is 18.4 Å². The van der Waals surface area contributed by atoms with Crippen LogP contribution >= 0.6 is 11.8 Å². The monoisotopic (exact) mass is 439 g/mol. The number of hydrogen-bond acceptors (Lipinski definition) is 8. The van der Waals surface area contributed by atoms with E-state index < -0.39 is 0 Å². The van der Waals surface area contributed by atoms with Gasteiger partial charge in [0.05, 0.1) is 5.69 Å². The van der Waals surface area contributed by atoms with Crippen molar-refractivity contribution in [1.82, 2.24) is 30.3 Å². The zero-order valence-corrected chi connectivity index (χ0v) is 17.6. The van der Waals surface area contributed by atoms with Crippen LogP contribution in [-0.4, -0.2) is 42.5 Å². The number of thioether (sulfide) groups is 1. The van der Waals surface area contributed by atoms with Gasteiger partial charge in [0.1, 0.15) is 5.82 Å². The van der Waals surface area contributed by atoms with Gasteiger partial charge in [0.15, 0.2) is 0 Å². The maximum atomic E-state index is 13.4. The molecule has 1 amide bonds. The molecule has 0 fully saturated rings. The molecule has 1 N–H and O–H groups in total. The van der Waals surface area contributed by atoms with E-state index in [0.29, 0.717) is 33.7 Å². The number of carbonyl (C=O) groups is 1. The predicted molar refractivity (Wildman–Crippen MR) is 112 cm³/mol. The highest BCUT2D eigenvalue weighted by atomic mass is 32.2. The molecule has 158 valence electrons. The van der Waals surface area contributed by atoms with Gasteiger partial charge in [-0.05, 0) is 65.6 Å². The van der Waals surface area contributed by atoms with E-state index in [1.54, 1.807) is 35.9 Å². The van der Waals surface area contributed by atoms with E-state index in [2.05, 4.69) is 31.0 Å². The van der Waals surface area contributed by atoms with Crippen molar-refractivity contribution in [2.75, 3.05) is 11.6 Å². The number of rotatable bonds is 7. The van der Waals surface area contributed by atoms with Crippen molar-refractivity contribution in [1.29, 1.82) is 0 Å². The van der Waals surface area contributed by atoms with Crippen molar-refractivity contribution >= 4 is 23.4 Å². The molecule has 0 bridgehead atoms. The van der Waals surface area contributed by atoms with E-state index in [9.17, 15) is 9.18 Å². The van der Waals surface area contributed by atoms with Gasteiger partial charge >= 0.3 is 0 Å². The lowest BCUT2D eigenvalue weighted by Crippen LogP contribution is -2.12. The van der Waals surface area contributed by atoms with Gasteiger partial charge < -0.3 is 9.84 Å². The van der Waals surface area contributed by atoms with Crippen LogP contribution in [0.5, 0.6) is 0 Å². The Labute approximate surface area is 181 Å². The minimum absolute atomic E-state index is 0.162. The minimum atomic E-state index is -0.294. The standard InChI is InChI=1S/C20H18FN7O2S/c1-12-10-13(6-7-16(12)21)19-23-18(30-25-19)9-8-17(29)22-14-4-3-5-15(11-14)28-20(31-2)24-26-27-28/h3-7,10-11H,8-9H2,1-2H3,(H,22,29). The summed E-state index contributed by atoms with van der Waals surface area (Å²) in [5.74, 6) is 0.200.